The summed E-state index contributed by atoms with van der Waals surface area (Å²) in [5.74, 6) is 0.891. The smallest absolute Gasteiger partial charge is 0.131 e. The van der Waals surface area contributed by atoms with Crippen molar-refractivity contribution in [1.29, 1.82) is 0 Å². The lowest BCUT2D eigenvalue weighted by Crippen LogP contribution is -2.23. The summed E-state index contributed by atoms with van der Waals surface area (Å²) in [6.45, 7) is 2.35. The van der Waals surface area contributed by atoms with Gasteiger partial charge >= 0.3 is 0 Å². The molecule has 0 aromatic carbocycles. The van der Waals surface area contributed by atoms with E-state index in [-0.39, 0.29) is 0 Å². The molecule has 0 bridgehead atoms. The third kappa shape index (κ3) is 3.35. The maximum atomic E-state index is 5.86. The molecule has 0 aliphatic carbocycles. The van der Waals surface area contributed by atoms with E-state index in [2.05, 4.69) is 22.2 Å². The summed E-state index contributed by atoms with van der Waals surface area (Å²) >= 11 is 5.86. The van der Waals surface area contributed by atoms with Gasteiger partial charge in [0.1, 0.15) is 11.0 Å². The molecule has 1 atom stereocenters. The van der Waals surface area contributed by atoms with Gasteiger partial charge in [0.05, 0.1) is 0 Å². The average molecular weight is 240 g/mol. The zero-order valence-electron chi connectivity index (χ0n) is 9.62. The number of hydrogen-bond acceptors (Lipinski definition) is 3. The lowest BCUT2D eigenvalue weighted by molar-refractivity contribution is 0.348. The first kappa shape index (κ1) is 11.7. The topological polar surface area (TPSA) is 28.2 Å². The van der Waals surface area contributed by atoms with Gasteiger partial charge in [0.25, 0.3) is 0 Å². The number of likely N-dealkylation sites (tertiary alicyclic amines) is 1. The molecule has 0 spiro atoms. The fourth-order valence-corrected chi connectivity index (χ4v) is 2.25. The van der Waals surface area contributed by atoms with E-state index in [1.165, 1.54) is 25.8 Å². The molecule has 1 aliphatic heterocycles. The van der Waals surface area contributed by atoms with Crippen LogP contribution in [0.1, 0.15) is 19.3 Å². The van der Waals surface area contributed by atoms with Crippen molar-refractivity contribution in [3.63, 3.8) is 0 Å². The van der Waals surface area contributed by atoms with Gasteiger partial charge < -0.3 is 10.2 Å². The van der Waals surface area contributed by atoms with Crippen LogP contribution < -0.4 is 5.32 Å². The molecule has 0 saturated carbocycles. The lowest BCUT2D eigenvalue weighted by Gasteiger charge is -2.17. The van der Waals surface area contributed by atoms with E-state index in [0.29, 0.717) is 11.2 Å². The lowest BCUT2D eigenvalue weighted by atomic mass is 10.1. The molecule has 1 saturated heterocycles. The molecule has 1 fully saturated rings. The van der Waals surface area contributed by atoms with Crippen LogP contribution in [0.3, 0.4) is 0 Å². The number of anilines is 1. The molecular formula is C12H18ClN3. The Hall–Kier alpha value is -0.800. The Morgan fingerprint density at radius 3 is 3.06 bits per heavy atom. The van der Waals surface area contributed by atoms with Crippen molar-refractivity contribution in [2.24, 2.45) is 0 Å². The fourth-order valence-electron chi connectivity index (χ4n) is 2.08. The van der Waals surface area contributed by atoms with E-state index in [1.54, 1.807) is 6.07 Å². The number of nitrogens with one attached hydrogen (secondary N) is 1. The van der Waals surface area contributed by atoms with Crippen molar-refractivity contribution in [1.82, 2.24) is 9.88 Å². The van der Waals surface area contributed by atoms with Crippen molar-refractivity contribution in [2.45, 2.75) is 25.3 Å². The number of nitrogens with zero attached hydrogens (tertiary/aromatic N) is 2. The molecule has 88 valence electrons. The van der Waals surface area contributed by atoms with Gasteiger partial charge in [-0.25, -0.2) is 4.98 Å². The minimum Gasteiger partial charge on any atom is -0.367 e. The summed E-state index contributed by atoms with van der Waals surface area (Å²) in [6.07, 6.45) is 3.62. The molecule has 3 nitrogen and oxygen atoms in total. The Bertz CT molecular complexity index is 343. The number of pyridine rings is 1. The Kier molecular flexibility index (Phi) is 4.02. The Balaban J connectivity index is 1.93. The highest BCUT2D eigenvalue weighted by Gasteiger charge is 2.14. The first-order valence-electron chi connectivity index (χ1n) is 5.82. The van der Waals surface area contributed by atoms with Crippen LogP contribution in [0.25, 0.3) is 0 Å². The molecule has 2 rings (SSSR count). The summed E-state index contributed by atoms with van der Waals surface area (Å²) in [7, 11) is 2.18. The number of aromatic nitrogens is 1. The first-order valence-corrected chi connectivity index (χ1v) is 6.19. The quantitative estimate of drug-likeness (QED) is 0.805. The van der Waals surface area contributed by atoms with Crippen LogP contribution in [0.15, 0.2) is 18.2 Å². The predicted octanol–water partition coefficient (Wildman–Crippen LogP) is 2.63. The molecule has 16 heavy (non-hydrogen) atoms. The molecule has 0 amide bonds. The summed E-state index contributed by atoms with van der Waals surface area (Å²) in [6, 6.07) is 6.23. The minimum absolute atomic E-state index is 0.524. The van der Waals surface area contributed by atoms with E-state index in [1.807, 2.05) is 12.1 Å². The molecule has 1 unspecified atom stereocenters. The monoisotopic (exact) mass is 239 g/mol. The molecule has 1 N–H and O–H groups in total. The van der Waals surface area contributed by atoms with Crippen molar-refractivity contribution < 1.29 is 0 Å². The minimum atomic E-state index is 0.524. The maximum absolute atomic E-state index is 5.86. The van der Waals surface area contributed by atoms with Crippen LogP contribution >= 0.6 is 11.6 Å². The molecule has 1 aromatic heterocycles. The summed E-state index contributed by atoms with van der Waals surface area (Å²) < 4.78 is 0. The second-order valence-electron chi connectivity index (χ2n) is 4.42. The van der Waals surface area contributed by atoms with E-state index >= 15 is 0 Å². The van der Waals surface area contributed by atoms with Gasteiger partial charge in [-0.15, -0.1) is 0 Å². The molecule has 0 radical (unpaired) electrons. The summed E-state index contributed by atoms with van der Waals surface area (Å²) in [5.41, 5.74) is 0. The second kappa shape index (κ2) is 5.51. The Morgan fingerprint density at radius 2 is 2.25 bits per heavy atom. The van der Waals surface area contributed by atoms with Gasteiger partial charge in [-0.05, 0) is 51.5 Å². The molecule has 1 aromatic rings. The van der Waals surface area contributed by atoms with Crippen LogP contribution in [0.5, 0.6) is 0 Å². The Labute approximate surface area is 102 Å². The fraction of sp³-hybridized carbons (Fsp3) is 0.583. The van der Waals surface area contributed by atoms with Crippen LogP contribution in [-0.2, 0) is 0 Å². The predicted molar refractivity (Wildman–Crippen MR) is 68.0 cm³/mol. The highest BCUT2D eigenvalue weighted by molar-refractivity contribution is 6.29. The van der Waals surface area contributed by atoms with E-state index in [9.17, 15) is 0 Å². The third-order valence-electron chi connectivity index (χ3n) is 3.02. The number of hydrogen-bond donors (Lipinski definition) is 1. The number of rotatable bonds is 2. The standard InChI is InChI=1S/C12H18ClN3/c1-16-8-3-4-10(7-9-16)14-12-6-2-5-11(13)15-12/h2,5-6,10H,3-4,7-9H2,1H3,(H,14,15). The molecule has 2 heterocycles. The zero-order chi connectivity index (χ0) is 11.4. The molecule has 4 heteroatoms. The SMILES string of the molecule is CN1CCCC(Nc2cccc(Cl)n2)CC1. The summed E-state index contributed by atoms with van der Waals surface area (Å²) in [5, 5.41) is 4.01. The van der Waals surface area contributed by atoms with Crippen LogP contribution in [0, 0.1) is 0 Å². The van der Waals surface area contributed by atoms with Gasteiger partial charge in [-0.3, -0.25) is 0 Å². The molecule has 1 aliphatic rings. The van der Waals surface area contributed by atoms with Crippen molar-refractivity contribution in [2.75, 3.05) is 25.5 Å². The van der Waals surface area contributed by atoms with Gasteiger partial charge in [0.2, 0.25) is 0 Å². The van der Waals surface area contributed by atoms with Gasteiger partial charge in [0.15, 0.2) is 0 Å². The first-order chi connectivity index (χ1) is 7.74. The van der Waals surface area contributed by atoms with Gasteiger partial charge in [-0.1, -0.05) is 17.7 Å². The zero-order valence-corrected chi connectivity index (χ0v) is 10.4. The van der Waals surface area contributed by atoms with Gasteiger partial charge in [0, 0.05) is 6.04 Å². The van der Waals surface area contributed by atoms with Crippen molar-refractivity contribution in [3.8, 4) is 0 Å². The van der Waals surface area contributed by atoms with Crippen molar-refractivity contribution >= 4 is 17.4 Å². The van der Waals surface area contributed by atoms with E-state index < -0.39 is 0 Å². The van der Waals surface area contributed by atoms with Crippen LogP contribution in [-0.4, -0.2) is 36.1 Å². The van der Waals surface area contributed by atoms with Crippen molar-refractivity contribution in [3.05, 3.63) is 23.4 Å². The van der Waals surface area contributed by atoms with Crippen LogP contribution in [0.2, 0.25) is 5.15 Å². The van der Waals surface area contributed by atoms with E-state index in [0.717, 1.165) is 12.4 Å². The highest BCUT2D eigenvalue weighted by atomic mass is 35.5. The van der Waals surface area contributed by atoms with Gasteiger partial charge in [-0.2, -0.15) is 0 Å². The molecular weight excluding hydrogens is 222 g/mol. The largest absolute Gasteiger partial charge is 0.367 e. The van der Waals surface area contributed by atoms with E-state index in [4.69, 9.17) is 11.6 Å². The summed E-state index contributed by atoms with van der Waals surface area (Å²) in [4.78, 5) is 6.64. The second-order valence-corrected chi connectivity index (χ2v) is 4.81. The number of halogens is 1. The highest BCUT2D eigenvalue weighted by Crippen LogP contribution is 2.16. The Morgan fingerprint density at radius 1 is 1.38 bits per heavy atom. The third-order valence-corrected chi connectivity index (χ3v) is 3.23. The average Bonchev–Trinajstić information content (AvgIpc) is 2.44. The normalized spacial score (nSPS) is 22.8. The maximum Gasteiger partial charge on any atom is 0.131 e. The van der Waals surface area contributed by atoms with Crippen LogP contribution in [0.4, 0.5) is 5.82 Å².